The molecule has 2 rings (SSSR count). The monoisotopic (exact) mass is 337 g/mol. The van der Waals surface area contributed by atoms with Gasteiger partial charge in [0.05, 0.1) is 17.9 Å². The van der Waals surface area contributed by atoms with E-state index in [1.165, 1.54) is 24.3 Å². The Morgan fingerprint density at radius 2 is 1.91 bits per heavy atom. The second-order valence-electron chi connectivity index (χ2n) is 6.95. The van der Waals surface area contributed by atoms with E-state index in [0.29, 0.717) is 0 Å². The lowest BCUT2D eigenvalue weighted by Gasteiger charge is -2.21. The van der Waals surface area contributed by atoms with Crippen molar-refractivity contribution in [3.8, 4) is 5.75 Å². The molecule has 1 fully saturated rings. The molecule has 0 heterocycles. The topological polar surface area (TPSA) is 74.7 Å². The Hall–Kier alpha value is -1.82. The molecule has 2 atom stereocenters. The number of carbonyl (C=O) groups excluding carboxylic acids is 1. The normalized spacial score (nSPS) is 22.3. The van der Waals surface area contributed by atoms with Crippen LogP contribution in [0.25, 0.3) is 0 Å². The second kappa shape index (κ2) is 5.67. The van der Waals surface area contributed by atoms with E-state index in [9.17, 15) is 18.3 Å². The number of nitrogens with zero attached hydrogens (tertiary/aromatic N) is 1. The zero-order chi connectivity index (χ0) is 17.6. The summed E-state index contributed by atoms with van der Waals surface area (Å²) in [4.78, 5) is 12.9. The van der Waals surface area contributed by atoms with Crippen LogP contribution in [-0.2, 0) is 14.8 Å². The van der Waals surface area contributed by atoms with Crippen LogP contribution in [0.3, 0.4) is 0 Å². The number of aromatic hydroxyl groups is 1. The van der Waals surface area contributed by atoms with E-state index in [4.69, 9.17) is 0 Å². The van der Waals surface area contributed by atoms with Crippen LogP contribution in [0.4, 0.5) is 5.69 Å². The van der Waals surface area contributed by atoms with Crippen LogP contribution in [0.15, 0.2) is 35.9 Å². The van der Waals surface area contributed by atoms with Crippen molar-refractivity contribution in [1.82, 2.24) is 0 Å². The number of sulfonamides is 1. The summed E-state index contributed by atoms with van der Waals surface area (Å²) in [5.74, 6) is -0.915. The first-order valence-corrected chi connectivity index (χ1v) is 9.29. The van der Waals surface area contributed by atoms with Crippen molar-refractivity contribution in [3.05, 3.63) is 35.9 Å². The van der Waals surface area contributed by atoms with Crippen LogP contribution in [0.5, 0.6) is 5.75 Å². The van der Waals surface area contributed by atoms with Gasteiger partial charge in [0.25, 0.3) is 0 Å². The van der Waals surface area contributed by atoms with Crippen molar-refractivity contribution in [3.63, 3.8) is 0 Å². The minimum absolute atomic E-state index is 0.0153. The molecule has 6 heteroatoms. The molecule has 1 aliphatic carbocycles. The molecule has 0 spiro atoms. The van der Waals surface area contributed by atoms with Crippen molar-refractivity contribution in [2.24, 2.45) is 17.3 Å². The molecule has 126 valence electrons. The zero-order valence-corrected chi connectivity index (χ0v) is 14.9. The number of amides is 1. The maximum absolute atomic E-state index is 12.9. The molecule has 0 aromatic heterocycles. The van der Waals surface area contributed by atoms with Crippen LogP contribution < -0.4 is 4.31 Å². The van der Waals surface area contributed by atoms with Gasteiger partial charge in [-0.25, -0.2) is 12.7 Å². The van der Waals surface area contributed by atoms with Gasteiger partial charge in [-0.05, 0) is 37.3 Å². The van der Waals surface area contributed by atoms with E-state index in [1.54, 1.807) is 0 Å². The van der Waals surface area contributed by atoms with Gasteiger partial charge in [0, 0.05) is 6.07 Å². The van der Waals surface area contributed by atoms with Crippen molar-refractivity contribution in [2.75, 3.05) is 10.6 Å². The highest BCUT2D eigenvalue weighted by molar-refractivity contribution is 7.92. The third-order valence-electron chi connectivity index (χ3n) is 4.29. The Morgan fingerprint density at radius 1 is 1.30 bits per heavy atom. The fraction of sp³-hybridized carbons (Fsp3) is 0.471. The smallest absolute Gasteiger partial charge is 0.245 e. The Kier molecular flexibility index (Phi) is 4.32. The molecule has 1 aromatic carbocycles. The molecule has 1 N–H and O–H groups in total. The minimum atomic E-state index is -3.79. The van der Waals surface area contributed by atoms with Gasteiger partial charge in [-0.2, -0.15) is 0 Å². The lowest BCUT2D eigenvalue weighted by Crippen LogP contribution is -2.38. The zero-order valence-electron chi connectivity index (χ0n) is 14.1. The van der Waals surface area contributed by atoms with E-state index in [0.717, 1.165) is 16.1 Å². The summed E-state index contributed by atoms with van der Waals surface area (Å²) < 4.78 is 25.1. The predicted molar refractivity (Wildman–Crippen MR) is 90.6 cm³/mol. The summed E-state index contributed by atoms with van der Waals surface area (Å²) in [6.45, 7) is 7.84. The third kappa shape index (κ3) is 3.42. The van der Waals surface area contributed by atoms with E-state index in [-0.39, 0.29) is 22.8 Å². The number of hydrogen-bond acceptors (Lipinski definition) is 4. The summed E-state index contributed by atoms with van der Waals surface area (Å²) in [5, 5.41) is 9.60. The van der Waals surface area contributed by atoms with Crippen molar-refractivity contribution in [1.29, 1.82) is 0 Å². The van der Waals surface area contributed by atoms with Crippen molar-refractivity contribution < 1.29 is 18.3 Å². The van der Waals surface area contributed by atoms with Crippen molar-refractivity contribution >= 4 is 21.6 Å². The van der Waals surface area contributed by atoms with Crippen LogP contribution in [0, 0.1) is 17.3 Å². The van der Waals surface area contributed by atoms with Gasteiger partial charge in [-0.3, -0.25) is 4.79 Å². The number of phenolic OH excluding ortho intramolecular Hbond substituents is 1. The largest absolute Gasteiger partial charge is 0.508 e. The van der Waals surface area contributed by atoms with Gasteiger partial charge in [-0.15, -0.1) is 0 Å². The average molecular weight is 337 g/mol. The maximum Gasteiger partial charge on any atom is 0.245 e. The predicted octanol–water partition coefficient (Wildman–Crippen LogP) is 2.92. The number of phenols is 1. The molecule has 0 saturated heterocycles. The van der Waals surface area contributed by atoms with Gasteiger partial charge in [-0.1, -0.05) is 31.6 Å². The highest BCUT2D eigenvalue weighted by Crippen LogP contribution is 2.60. The summed E-state index contributed by atoms with van der Waals surface area (Å²) in [7, 11) is -3.79. The number of allylic oxidation sites excluding steroid dienone is 2. The Morgan fingerprint density at radius 3 is 2.39 bits per heavy atom. The third-order valence-corrected chi connectivity index (χ3v) is 5.34. The van der Waals surface area contributed by atoms with E-state index in [1.807, 2.05) is 33.8 Å². The minimum Gasteiger partial charge on any atom is -0.508 e. The highest BCUT2D eigenvalue weighted by atomic mass is 32.2. The van der Waals surface area contributed by atoms with Crippen LogP contribution >= 0.6 is 0 Å². The Bertz CT molecular complexity index is 761. The van der Waals surface area contributed by atoms with Gasteiger partial charge in [0.2, 0.25) is 15.9 Å². The van der Waals surface area contributed by atoms with E-state index in [2.05, 4.69) is 0 Å². The molecule has 1 aromatic rings. The average Bonchev–Trinajstić information content (AvgIpc) is 2.88. The van der Waals surface area contributed by atoms with Crippen LogP contribution in [0.1, 0.15) is 27.7 Å². The van der Waals surface area contributed by atoms with Gasteiger partial charge < -0.3 is 5.11 Å². The molecular formula is C17H23NO4S. The standard InChI is InChI=1S/C17H23NO4S/c1-11(2)9-14-15(17(14,3)4)16(20)18(23(5,21)22)12-7-6-8-13(19)10-12/h6-10,14-15,19H,1-5H3/t14-,15-/m0/s1. The molecule has 0 radical (unpaired) electrons. The maximum atomic E-state index is 12.9. The molecule has 1 amide bonds. The molecule has 5 nitrogen and oxygen atoms in total. The fourth-order valence-corrected chi connectivity index (χ4v) is 3.98. The summed E-state index contributed by atoms with van der Waals surface area (Å²) in [6.07, 6.45) is 3.02. The van der Waals surface area contributed by atoms with Crippen molar-refractivity contribution in [2.45, 2.75) is 27.7 Å². The quantitative estimate of drug-likeness (QED) is 0.857. The van der Waals surface area contributed by atoms with E-state index < -0.39 is 21.8 Å². The number of benzene rings is 1. The van der Waals surface area contributed by atoms with Gasteiger partial charge in [0.15, 0.2) is 0 Å². The summed E-state index contributed by atoms with van der Waals surface area (Å²) >= 11 is 0. The first-order chi connectivity index (χ1) is 10.5. The molecule has 0 unspecified atom stereocenters. The Balaban J connectivity index is 2.43. The van der Waals surface area contributed by atoms with Gasteiger partial charge in [0.1, 0.15) is 5.75 Å². The van der Waals surface area contributed by atoms with Crippen LogP contribution in [-0.4, -0.2) is 25.7 Å². The highest BCUT2D eigenvalue weighted by Gasteiger charge is 2.62. The van der Waals surface area contributed by atoms with Gasteiger partial charge >= 0.3 is 0 Å². The number of rotatable bonds is 4. The number of hydrogen-bond donors (Lipinski definition) is 1. The lowest BCUT2D eigenvalue weighted by atomic mass is 10.1. The molecule has 0 aliphatic heterocycles. The number of carbonyl (C=O) groups is 1. The van der Waals surface area contributed by atoms with E-state index >= 15 is 0 Å². The molecular weight excluding hydrogens is 314 g/mol. The summed E-state index contributed by atoms with van der Waals surface area (Å²) in [6, 6.07) is 5.73. The first kappa shape index (κ1) is 17.5. The van der Waals surface area contributed by atoms with Crippen LogP contribution in [0.2, 0.25) is 0 Å². The lowest BCUT2D eigenvalue weighted by molar-refractivity contribution is -0.119. The number of anilines is 1. The molecule has 1 saturated carbocycles. The molecule has 1 aliphatic rings. The second-order valence-corrected chi connectivity index (χ2v) is 8.79. The fourth-order valence-electron chi connectivity index (χ4n) is 3.05. The summed E-state index contributed by atoms with van der Waals surface area (Å²) in [5.41, 5.74) is 0.978. The Labute approximate surface area is 137 Å². The SMILES string of the molecule is CC(C)=C[C@H]1[C@@H](C(=O)N(c2cccc(O)c2)S(C)(=O)=O)C1(C)C. The molecule has 23 heavy (non-hydrogen) atoms. The first-order valence-electron chi connectivity index (χ1n) is 7.44. The molecule has 0 bridgehead atoms.